The predicted octanol–water partition coefficient (Wildman–Crippen LogP) is 1.26. The van der Waals surface area contributed by atoms with Gasteiger partial charge in [0.05, 0.1) is 0 Å². The average molecular weight is 264 g/mol. The number of amides is 1. The van der Waals surface area contributed by atoms with Crippen molar-refractivity contribution in [1.82, 2.24) is 20.0 Å². The molecule has 5 nitrogen and oxygen atoms in total. The third-order valence-electron chi connectivity index (χ3n) is 3.64. The Morgan fingerprint density at radius 2 is 2.42 bits per heavy atom. The lowest BCUT2D eigenvalue weighted by atomic mass is 10.1. The summed E-state index contributed by atoms with van der Waals surface area (Å²) in [6.07, 6.45) is 6.55. The molecule has 1 aliphatic heterocycles. The van der Waals surface area contributed by atoms with Crippen LogP contribution in [0.2, 0.25) is 0 Å². The van der Waals surface area contributed by atoms with Crippen LogP contribution in [0.4, 0.5) is 0 Å². The summed E-state index contributed by atoms with van der Waals surface area (Å²) in [7, 11) is 0. The SMILES string of the molecule is CC(C)N(CC1CCCN1)C(=O)CCn1cccn1. The van der Waals surface area contributed by atoms with Gasteiger partial charge in [-0.2, -0.15) is 5.10 Å². The van der Waals surface area contributed by atoms with Crippen LogP contribution in [-0.2, 0) is 11.3 Å². The van der Waals surface area contributed by atoms with Crippen LogP contribution in [0.3, 0.4) is 0 Å². The summed E-state index contributed by atoms with van der Waals surface area (Å²) >= 11 is 0. The first-order valence-corrected chi connectivity index (χ1v) is 7.17. The summed E-state index contributed by atoms with van der Waals surface area (Å²) in [5.74, 6) is 0.221. The highest BCUT2D eigenvalue weighted by atomic mass is 16.2. The maximum absolute atomic E-state index is 12.3. The van der Waals surface area contributed by atoms with E-state index in [1.54, 1.807) is 6.20 Å². The number of hydrogen-bond donors (Lipinski definition) is 1. The van der Waals surface area contributed by atoms with E-state index >= 15 is 0 Å². The van der Waals surface area contributed by atoms with E-state index in [4.69, 9.17) is 0 Å². The molecule has 19 heavy (non-hydrogen) atoms. The van der Waals surface area contributed by atoms with Gasteiger partial charge in [0.2, 0.25) is 5.91 Å². The minimum atomic E-state index is 0.221. The van der Waals surface area contributed by atoms with Gasteiger partial charge in [0, 0.05) is 44.0 Å². The smallest absolute Gasteiger partial charge is 0.224 e. The van der Waals surface area contributed by atoms with Crippen molar-refractivity contribution in [1.29, 1.82) is 0 Å². The molecule has 2 heterocycles. The van der Waals surface area contributed by atoms with Gasteiger partial charge in [0.25, 0.3) is 0 Å². The van der Waals surface area contributed by atoms with Crippen LogP contribution in [0.5, 0.6) is 0 Å². The standard InChI is InChI=1S/C14H24N4O/c1-12(2)18(11-13-5-3-7-15-13)14(19)6-10-17-9-4-8-16-17/h4,8-9,12-13,15H,3,5-7,10-11H2,1-2H3. The zero-order valence-corrected chi connectivity index (χ0v) is 11.9. The Bertz CT molecular complexity index is 382. The molecule has 1 saturated heterocycles. The molecular weight excluding hydrogens is 240 g/mol. The first-order valence-electron chi connectivity index (χ1n) is 7.17. The number of aryl methyl sites for hydroxylation is 1. The minimum absolute atomic E-state index is 0.221. The second kappa shape index (κ2) is 6.70. The first-order chi connectivity index (χ1) is 9.16. The van der Waals surface area contributed by atoms with Crippen LogP contribution in [0, 0.1) is 0 Å². The van der Waals surface area contributed by atoms with Crippen molar-refractivity contribution in [3.8, 4) is 0 Å². The van der Waals surface area contributed by atoms with E-state index in [1.807, 2.05) is 21.8 Å². The van der Waals surface area contributed by atoms with Gasteiger partial charge in [-0.25, -0.2) is 0 Å². The molecule has 1 amide bonds. The maximum Gasteiger partial charge on any atom is 0.224 e. The summed E-state index contributed by atoms with van der Waals surface area (Å²) in [4.78, 5) is 14.3. The lowest BCUT2D eigenvalue weighted by Crippen LogP contribution is -2.45. The van der Waals surface area contributed by atoms with Gasteiger partial charge < -0.3 is 10.2 Å². The molecule has 1 aromatic heterocycles. The summed E-state index contributed by atoms with van der Waals surface area (Å²) in [6, 6.07) is 2.61. The van der Waals surface area contributed by atoms with Crippen LogP contribution in [0.1, 0.15) is 33.1 Å². The number of rotatable bonds is 6. The highest BCUT2D eigenvalue weighted by Gasteiger charge is 2.23. The lowest BCUT2D eigenvalue weighted by Gasteiger charge is -2.29. The molecule has 1 atom stereocenters. The largest absolute Gasteiger partial charge is 0.339 e. The van der Waals surface area contributed by atoms with Crippen molar-refractivity contribution in [2.24, 2.45) is 0 Å². The van der Waals surface area contributed by atoms with Crippen molar-refractivity contribution in [3.05, 3.63) is 18.5 Å². The van der Waals surface area contributed by atoms with E-state index in [0.29, 0.717) is 19.0 Å². The molecule has 0 saturated carbocycles. The second-order valence-electron chi connectivity index (χ2n) is 5.45. The summed E-state index contributed by atoms with van der Waals surface area (Å²) in [5.41, 5.74) is 0. The minimum Gasteiger partial charge on any atom is -0.339 e. The average Bonchev–Trinajstić information content (AvgIpc) is 3.05. The van der Waals surface area contributed by atoms with E-state index in [2.05, 4.69) is 24.3 Å². The fraction of sp³-hybridized carbons (Fsp3) is 0.714. The normalized spacial score (nSPS) is 19.0. The Hall–Kier alpha value is -1.36. The maximum atomic E-state index is 12.3. The monoisotopic (exact) mass is 264 g/mol. The molecule has 106 valence electrons. The van der Waals surface area contributed by atoms with E-state index in [1.165, 1.54) is 12.8 Å². The zero-order chi connectivity index (χ0) is 13.7. The van der Waals surface area contributed by atoms with Crippen molar-refractivity contribution < 1.29 is 4.79 Å². The van der Waals surface area contributed by atoms with E-state index in [0.717, 1.165) is 13.1 Å². The number of nitrogens with zero attached hydrogens (tertiary/aromatic N) is 3. The van der Waals surface area contributed by atoms with Crippen molar-refractivity contribution in [2.75, 3.05) is 13.1 Å². The van der Waals surface area contributed by atoms with Gasteiger partial charge in [0.1, 0.15) is 0 Å². The highest BCUT2D eigenvalue weighted by Crippen LogP contribution is 2.11. The highest BCUT2D eigenvalue weighted by molar-refractivity contribution is 5.76. The van der Waals surface area contributed by atoms with Gasteiger partial charge in [-0.15, -0.1) is 0 Å². The van der Waals surface area contributed by atoms with Gasteiger partial charge in [-0.05, 0) is 39.3 Å². The van der Waals surface area contributed by atoms with E-state index < -0.39 is 0 Å². The van der Waals surface area contributed by atoms with Crippen molar-refractivity contribution in [2.45, 2.75) is 51.7 Å². The zero-order valence-electron chi connectivity index (χ0n) is 11.9. The van der Waals surface area contributed by atoms with Crippen molar-refractivity contribution >= 4 is 5.91 Å². The Morgan fingerprint density at radius 1 is 1.58 bits per heavy atom. The third kappa shape index (κ3) is 4.06. The summed E-state index contributed by atoms with van der Waals surface area (Å²) in [5, 5.41) is 7.58. The number of carbonyl (C=O) groups is 1. The van der Waals surface area contributed by atoms with Gasteiger partial charge >= 0.3 is 0 Å². The molecule has 2 rings (SSSR count). The molecule has 0 aromatic carbocycles. The Morgan fingerprint density at radius 3 is 3.00 bits per heavy atom. The molecule has 0 spiro atoms. The van der Waals surface area contributed by atoms with Crippen molar-refractivity contribution in [3.63, 3.8) is 0 Å². The van der Waals surface area contributed by atoms with Gasteiger partial charge in [-0.3, -0.25) is 9.48 Å². The van der Waals surface area contributed by atoms with Crippen LogP contribution in [0.25, 0.3) is 0 Å². The Labute approximate surface area is 115 Å². The summed E-state index contributed by atoms with van der Waals surface area (Å²) in [6.45, 7) is 6.74. The van der Waals surface area contributed by atoms with Gasteiger partial charge in [0.15, 0.2) is 0 Å². The fourth-order valence-corrected chi connectivity index (χ4v) is 2.54. The fourth-order valence-electron chi connectivity index (χ4n) is 2.54. The van der Waals surface area contributed by atoms with Crippen LogP contribution < -0.4 is 5.32 Å². The number of nitrogens with one attached hydrogen (secondary N) is 1. The van der Waals surface area contributed by atoms with Crippen LogP contribution in [0.15, 0.2) is 18.5 Å². The molecular formula is C14H24N4O. The molecule has 0 bridgehead atoms. The Kier molecular flexibility index (Phi) is 4.96. The number of carbonyl (C=O) groups excluding carboxylic acids is 1. The molecule has 0 aliphatic carbocycles. The lowest BCUT2D eigenvalue weighted by molar-refractivity contribution is -0.133. The third-order valence-corrected chi connectivity index (χ3v) is 3.64. The second-order valence-corrected chi connectivity index (χ2v) is 5.45. The number of hydrogen-bond acceptors (Lipinski definition) is 3. The van der Waals surface area contributed by atoms with E-state index in [-0.39, 0.29) is 11.9 Å². The molecule has 1 fully saturated rings. The van der Waals surface area contributed by atoms with E-state index in [9.17, 15) is 4.79 Å². The molecule has 0 radical (unpaired) electrons. The first kappa shape index (κ1) is 14.1. The summed E-state index contributed by atoms with van der Waals surface area (Å²) < 4.78 is 1.81. The topological polar surface area (TPSA) is 50.2 Å². The molecule has 1 aliphatic rings. The quantitative estimate of drug-likeness (QED) is 0.841. The molecule has 1 unspecified atom stereocenters. The molecule has 1 N–H and O–H groups in total. The van der Waals surface area contributed by atoms with Crippen LogP contribution in [-0.4, -0.2) is 45.8 Å². The van der Waals surface area contributed by atoms with Crippen LogP contribution >= 0.6 is 0 Å². The predicted molar refractivity (Wildman–Crippen MR) is 74.7 cm³/mol. The van der Waals surface area contributed by atoms with Gasteiger partial charge in [-0.1, -0.05) is 0 Å². The molecule has 5 heteroatoms. The molecule has 1 aromatic rings. The number of aromatic nitrogens is 2. The Balaban J connectivity index is 1.84.